The van der Waals surface area contributed by atoms with Crippen LogP contribution in [0.2, 0.25) is 5.02 Å². The van der Waals surface area contributed by atoms with E-state index in [1.807, 2.05) is 12.1 Å². The van der Waals surface area contributed by atoms with Crippen molar-refractivity contribution in [3.63, 3.8) is 0 Å². The van der Waals surface area contributed by atoms with E-state index in [2.05, 4.69) is 26.6 Å². The number of nitrogens with one attached hydrogen (secondary N) is 5. The predicted molar refractivity (Wildman–Crippen MR) is 192 cm³/mol. The molecule has 0 heterocycles. The van der Waals surface area contributed by atoms with Gasteiger partial charge in [0.05, 0.1) is 24.8 Å². The highest BCUT2D eigenvalue weighted by molar-refractivity contribution is 6.30. The van der Waals surface area contributed by atoms with Crippen molar-refractivity contribution in [2.75, 3.05) is 19.6 Å². The number of carbonyl (C=O) groups excluding carboxylic acids is 5. The van der Waals surface area contributed by atoms with Crippen LogP contribution in [0.3, 0.4) is 0 Å². The maximum absolute atomic E-state index is 13.2. The number of carbonyl (C=O) groups is 6. The lowest BCUT2D eigenvalue weighted by atomic mass is 10.0. The molecule has 14 nitrogen and oxygen atoms in total. The van der Waals surface area contributed by atoms with Crippen LogP contribution in [0.5, 0.6) is 0 Å². The molecular formula is C36H50ClN5O9. The minimum atomic E-state index is -1.26. The summed E-state index contributed by atoms with van der Waals surface area (Å²) in [5, 5.41) is 22.7. The Morgan fingerprint density at radius 1 is 0.745 bits per heavy atom. The molecule has 2 aromatic rings. The number of hydrogen-bond acceptors (Lipinski definition) is 8. The minimum absolute atomic E-state index is 0.0817. The Morgan fingerprint density at radius 3 is 1.84 bits per heavy atom. The number of aliphatic carboxylic acids is 1. The third-order valence-corrected chi connectivity index (χ3v) is 7.24. The molecule has 51 heavy (non-hydrogen) atoms. The highest BCUT2D eigenvalue weighted by Gasteiger charge is 2.31. The van der Waals surface area contributed by atoms with Crippen LogP contribution in [0.15, 0.2) is 48.5 Å². The Morgan fingerprint density at radius 2 is 1.29 bits per heavy atom. The van der Waals surface area contributed by atoms with E-state index in [9.17, 15) is 33.9 Å². The van der Waals surface area contributed by atoms with E-state index >= 15 is 0 Å². The SMILES string of the molecule is C[C@@H](OC(C)(C)C)[C@H](NC(=O)CNC(=O)c1ccc(-c2ccc(Cl)cc2)cc1)C(=O)NCC(=O)N[C@@H](CCCCNC(=O)OC(C)(C)C)C(=O)O. The van der Waals surface area contributed by atoms with Crippen LogP contribution in [0.4, 0.5) is 4.79 Å². The van der Waals surface area contributed by atoms with Crippen LogP contribution in [0.25, 0.3) is 11.1 Å². The van der Waals surface area contributed by atoms with Gasteiger partial charge in [-0.2, -0.15) is 0 Å². The lowest BCUT2D eigenvalue weighted by Crippen LogP contribution is -2.57. The summed E-state index contributed by atoms with van der Waals surface area (Å²) < 4.78 is 11.0. The predicted octanol–water partition coefficient (Wildman–Crippen LogP) is 3.81. The first kappa shape index (κ1) is 42.5. The van der Waals surface area contributed by atoms with E-state index < -0.39 is 78.2 Å². The first-order chi connectivity index (χ1) is 23.7. The van der Waals surface area contributed by atoms with Crippen LogP contribution < -0.4 is 26.6 Å². The number of carboxylic acids is 1. The maximum Gasteiger partial charge on any atom is 0.407 e. The molecule has 0 radical (unpaired) electrons. The number of ether oxygens (including phenoxy) is 2. The maximum atomic E-state index is 13.2. The molecule has 0 spiro atoms. The summed E-state index contributed by atoms with van der Waals surface area (Å²) >= 11 is 5.95. The first-order valence-corrected chi connectivity index (χ1v) is 17.0. The fourth-order valence-corrected chi connectivity index (χ4v) is 4.85. The van der Waals surface area contributed by atoms with Gasteiger partial charge in [0, 0.05) is 17.1 Å². The van der Waals surface area contributed by atoms with Gasteiger partial charge < -0.3 is 41.2 Å². The molecule has 3 atom stereocenters. The van der Waals surface area contributed by atoms with E-state index in [1.165, 1.54) is 0 Å². The van der Waals surface area contributed by atoms with Crippen LogP contribution in [0.1, 0.15) is 78.1 Å². The number of alkyl carbamates (subject to hydrolysis) is 1. The molecule has 280 valence electrons. The summed E-state index contributed by atoms with van der Waals surface area (Å²) in [6.07, 6.45) is -0.535. The number of halogens is 1. The lowest BCUT2D eigenvalue weighted by Gasteiger charge is -2.30. The molecule has 2 rings (SSSR count). The number of rotatable bonds is 17. The van der Waals surface area contributed by atoms with Crippen molar-refractivity contribution < 1.29 is 43.3 Å². The van der Waals surface area contributed by atoms with Gasteiger partial charge in [-0.25, -0.2) is 9.59 Å². The van der Waals surface area contributed by atoms with Crippen molar-refractivity contribution in [2.24, 2.45) is 0 Å². The van der Waals surface area contributed by atoms with Crippen molar-refractivity contribution in [3.05, 3.63) is 59.1 Å². The van der Waals surface area contributed by atoms with Gasteiger partial charge in [-0.05, 0) is 103 Å². The molecule has 15 heteroatoms. The van der Waals surface area contributed by atoms with Crippen molar-refractivity contribution >= 4 is 47.3 Å². The number of unbranched alkanes of at least 4 members (excludes halogenated alkanes) is 1. The zero-order valence-corrected chi connectivity index (χ0v) is 30.9. The Kier molecular flexibility index (Phi) is 16.4. The van der Waals surface area contributed by atoms with Crippen LogP contribution in [0, 0.1) is 0 Å². The molecule has 5 amide bonds. The molecule has 0 unspecified atom stereocenters. The fraction of sp³-hybridized carbons (Fsp3) is 0.500. The Bertz CT molecular complexity index is 1500. The highest BCUT2D eigenvalue weighted by atomic mass is 35.5. The topological polar surface area (TPSA) is 201 Å². The van der Waals surface area contributed by atoms with Gasteiger partial charge in [-0.15, -0.1) is 0 Å². The fourth-order valence-electron chi connectivity index (χ4n) is 4.72. The zero-order valence-electron chi connectivity index (χ0n) is 30.2. The average molecular weight is 732 g/mol. The van der Waals surface area contributed by atoms with Gasteiger partial charge >= 0.3 is 12.1 Å². The number of amides is 5. The minimum Gasteiger partial charge on any atom is -0.480 e. The van der Waals surface area contributed by atoms with Gasteiger partial charge in [0.15, 0.2) is 0 Å². The Hall–Kier alpha value is -4.69. The summed E-state index contributed by atoms with van der Waals surface area (Å²) in [5.74, 6) is -3.95. The second-order valence-electron chi connectivity index (χ2n) is 13.8. The lowest BCUT2D eigenvalue weighted by molar-refractivity contribution is -0.142. The molecule has 0 fully saturated rings. The molecule has 6 N–H and O–H groups in total. The number of carboxylic acid groups (broad SMARTS) is 1. The van der Waals surface area contributed by atoms with Crippen molar-refractivity contribution in [1.82, 2.24) is 26.6 Å². The van der Waals surface area contributed by atoms with E-state index in [-0.39, 0.29) is 13.0 Å². The summed E-state index contributed by atoms with van der Waals surface area (Å²) in [6, 6.07) is 11.5. The molecule has 0 aliphatic heterocycles. The molecule has 0 aliphatic carbocycles. The standard InChI is InChI=1S/C36H50ClN5O9/c1-22(50-35(2,3)4)30(42-29(44)21-39-31(45)25-13-11-23(12-14-25)24-15-17-26(37)18-16-24)32(46)40-20-28(43)41-27(33(47)48)10-8-9-19-38-34(49)51-36(5,6)7/h11-18,22,27,30H,8-10,19-21H2,1-7H3,(H,38,49)(H,39,45)(H,40,46)(H,41,43)(H,42,44)(H,47,48)/t22-,27+,30+/m1/s1. The van der Waals surface area contributed by atoms with Gasteiger partial charge in [-0.3, -0.25) is 19.2 Å². The second-order valence-corrected chi connectivity index (χ2v) is 14.3. The summed E-state index contributed by atoms with van der Waals surface area (Å²) in [5.41, 5.74) is 0.779. The number of hydrogen-bond donors (Lipinski definition) is 6. The average Bonchev–Trinajstić information content (AvgIpc) is 3.03. The largest absolute Gasteiger partial charge is 0.480 e. The van der Waals surface area contributed by atoms with Gasteiger partial charge in [0.25, 0.3) is 5.91 Å². The monoisotopic (exact) mass is 731 g/mol. The molecule has 0 aliphatic rings. The normalized spacial score (nSPS) is 13.2. The molecule has 0 saturated heterocycles. The van der Waals surface area contributed by atoms with Gasteiger partial charge in [-0.1, -0.05) is 35.9 Å². The third-order valence-electron chi connectivity index (χ3n) is 6.99. The van der Waals surface area contributed by atoms with E-state index in [0.717, 1.165) is 11.1 Å². The first-order valence-electron chi connectivity index (χ1n) is 16.6. The Balaban J connectivity index is 1.91. The Labute approximate surface area is 303 Å². The second kappa shape index (κ2) is 19.6. The van der Waals surface area contributed by atoms with Crippen LogP contribution in [-0.2, 0) is 28.7 Å². The van der Waals surface area contributed by atoms with Crippen molar-refractivity contribution in [3.8, 4) is 11.1 Å². The van der Waals surface area contributed by atoms with Crippen LogP contribution in [-0.4, -0.2) is 89.8 Å². The summed E-state index contributed by atoms with van der Waals surface area (Å²) in [6.45, 7) is 11.3. The third kappa shape index (κ3) is 16.7. The van der Waals surface area contributed by atoms with Gasteiger partial charge in [0.2, 0.25) is 17.7 Å². The van der Waals surface area contributed by atoms with Crippen molar-refractivity contribution in [2.45, 2.75) is 97.1 Å². The molecule has 0 saturated carbocycles. The van der Waals surface area contributed by atoms with Crippen LogP contribution >= 0.6 is 11.6 Å². The molecular weight excluding hydrogens is 682 g/mol. The zero-order chi connectivity index (χ0) is 38.4. The van der Waals surface area contributed by atoms with Gasteiger partial charge in [0.1, 0.15) is 17.7 Å². The summed E-state index contributed by atoms with van der Waals surface area (Å²) in [4.78, 5) is 74.9. The van der Waals surface area contributed by atoms with E-state index in [0.29, 0.717) is 23.4 Å². The quantitative estimate of drug-likeness (QED) is 0.131. The molecule has 0 bridgehead atoms. The van der Waals surface area contributed by atoms with Crippen molar-refractivity contribution in [1.29, 1.82) is 0 Å². The van der Waals surface area contributed by atoms with E-state index in [1.54, 1.807) is 84.9 Å². The molecule has 2 aromatic carbocycles. The highest BCUT2D eigenvalue weighted by Crippen LogP contribution is 2.22. The van der Waals surface area contributed by atoms with E-state index in [4.69, 9.17) is 21.1 Å². The summed E-state index contributed by atoms with van der Waals surface area (Å²) in [7, 11) is 0. The smallest absolute Gasteiger partial charge is 0.407 e. The number of benzene rings is 2. The molecule has 0 aromatic heterocycles.